The molecule has 0 heterocycles. The standard InChI is InChI=1S/3C19H42N.H3O4P/c3*1-5-7-9-11-12-13-15-17-19-20(3,4)18-16-14-10-8-6-2;1-5(2,3)4/h3*5-19H2,1-4H3;(H3,1,2,3,4)/q3*+1;/p-3. The van der Waals surface area contributed by atoms with Crippen molar-refractivity contribution in [1.82, 2.24) is 0 Å². The van der Waals surface area contributed by atoms with Gasteiger partial charge in [-0.2, -0.15) is 7.82 Å². The van der Waals surface area contributed by atoms with Crippen molar-refractivity contribution < 1.29 is 32.7 Å². The number of hydrogen-bond acceptors (Lipinski definition) is 4. The molecule has 0 unspecified atom stereocenters. The quantitative estimate of drug-likeness (QED) is 0.0346. The summed E-state index contributed by atoms with van der Waals surface area (Å²) < 4.78 is 12.3. The number of phosphoric acid groups is 1. The van der Waals surface area contributed by atoms with Crippen LogP contribution in [0, 0.1) is 0 Å². The van der Waals surface area contributed by atoms with Crippen LogP contribution in [0.4, 0.5) is 0 Å². The molecule has 0 fully saturated rings. The Bertz CT molecular complexity index is 818. The van der Waals surface area contributed by atoms with E-state index in [1.54, 1.807) is 0 Å². The van der Waals surface area contributed by atoms with E-state index in [-0.39, 0.29) is 0 Å². The van der Waals surface area contributed by atoms with Crippen molar-refractivity contribution in [2.24, 2.45) is 0 Å². The first kappa shape index (κ1) is 71.5. The van der Waals surface area contributed by atoms with Crippen LogP contribution in [0.5, 0.6) is 0 Å². The van der Waals surface area contributed by atoms with Gasteiger partial charge < -0.3 is 32.7 Å². The molecule has 0 spiro atoms. The topological polar surface area (TPSA) is 86.2 Å². The fourth-order valence-electron chi connectivity index (χ4n) is 8.79. The predicted molar refractivity (Wildman–Crippen MR) is 287 cm³/mol. The number of hydrogen-bond donors (Lipinski definition) is 0. The Hall–Kier alpha value is -0.0100. The summed E-state index contributed by atoms with van der Waals surface area (Å²) in [7, 11) is 9.12. The SMILES string of the molecule is CCCCCCCCCC[N+](C)(C)CCCCCCC.CCCCCCCCCC[N+](C)(C)CCCCCCC.CCCCCCCCCC[N+](C)(C)CCCCCCC.O=P([O-])([O-])[O-]. The van der Waals surface area contributed by atoms with Crippen molar-refractivity contribution in [3.63, 3.8) is 0 Å². The first-order valence-electron chi connectivity index (χ1n) is 29.1. The van der Waals surface area contributed by atoms with Crippen LogP contribution in [0.2, 0.25) is 0 Å². The van der Waals surface area contributed by atoms with E-state index >= 15 is 0 Å². The Morgan fingerprint density at radius 3 is 0.431 bits per heavy atom. The van der Waals surface area contributed by atoms with E-state index < -0.39 is 7.82 Å². The zero-order chi connectivity index (χ0) is 49.8. The fourth-order valence-corrected chi connectivity index (χ4v) is 8.79. The Balaban J connectivity index is -0.000000407. The molecule has 0 N–H and O–H groups in total. The molecule has 0 atom stereocenters. The molecule has 7 nitrogen and oxygen atoms in total. The van der Waals surface area contributed by atoms with Crippen LogP contribution in [-0.2, 0) is 4.57 Å². The molecule has 0 aliphatic rings. The predicted octanol–water partition coefficient (Wildman–Crippen LogP) is 15.7. The summed E-state index contributed by atoms with van der Waals surface area (Å²) in [6, 6.07) is 0. The average molecular weight is 949 g/mol. The summed E-state index contributed by atoms with van der Waals surface area (Å²) in [5.41, 5.74) is 0. The molecule has 0 aromatic carbocycles. The molecule has 398 valence electrons. The van der Waals surface area contributed by atoms with E-state index in [9.17, 15) is 0 Å². The zero-order valence-corrected chi connectivity index (χ0v) is 48.1. The van der Waals surface area contributed by atoms with Crippen LogP contribution < -0.4 is 14.7 Å². The molecule has 0 aromatic rings. The molecule has 0 aliphatic heterocycles. The monoisotopic (exact) mass is 948 g/mol. The Labute approximate surface area is 412 Å². The number of quaternary nitrogens is 3. The maximum Gasteiger partial charge on any atom is 0.0782 e. The summed E-state index contributed by atoms with van der Waals surface area (Å²) in [5.74, 6) is 0. The lowest BCUT2D eigenvalue weighted by Gasteiger charge is -2.36. The maximum atomic E-state index is 8.55. The summed E-state index contributed by atoms with van der Waals surface area (Å²) in [6.07, 6.45) is 55.8. The van der Waals surface area contributed by atoms with Gasteiger partial charge in [0.1, 0.15) is 0 Å². The van der Waals surface area contributed by atoms with Gasteiger partial charge in [0.2, 0.25) is 0 Å². The summed E-state index contributed by atoms with van der Waals surface area (Å²) in [6.45, 7) is 22.0. The molecule has 8 heteroatoms. The lowest BCUT2D eigenvalue weighted by atomic mass is 10.1. The van der Waals surface area contributed by atoms with Gasteiger partial charge in [-0.3, -0.25) is 0 Å². The van der Waals surface area contributed by atoms with Gasteiger partial charge in [-0.15, -0.1) is 0 Å². The highest BCUT2D eigenvalue weighted by Gasteiger charge is 2.15. The van der Waals surface area contributed by atoms with Gasteiger partial charge in [0.25, 0.3) is 0 Å². The molecule has 0 saturated carbocycles. The van der Waals surface area contributed by atoms with Gasteiger partial charge in [-0.1, -0.05) is 215 Å². The Kier molecular flexibility index (Phi) is 58.7. The molecular formula is C57H126N3O4P. The van der Waals surface area contributed by atoms with E-state index in [1.165, 1.54) is 303 Å². The molecule has 0 aliphatic carbocycles. The second kappa shape index (κ2) is 53.3. The van der Waals surface area contributed by atoms with Crippen molar-refractivity contribution in [2.75, 3.05) is 81.6 Å². The first-order valence-corrected chi connectivity index (χ1v) is 30.5. The third-order valence-corrected chi connectivity index (χ3v) is 13.5. The van der Waals surface area contributed by atoms with Crippen LogP contribution in [0.25, 0.3) is 0 Å². The average Bonchev–Trinajstić information content (AvgIpc) is 3.23. The third-order valence-electron chi connectivity index (χ3n) is 13.5. The zero-order valence-electron chi connectivity index (χ0n) is 47.2. The van der Waals surface area contributed by atoms with Gasteiger partial charge in [-0.05, 0) is 77.0 Å². The van der Waals surface area contributed by atoms with Gasteiger partial charge >= 0.3 is 0 Å². The summed E-state index contributed by atoms with van der Waals surface area (Å²) in [5, 5.41) is 0. The van der Waals surface area contributed by atoms with E-state index in [0.29, 0.717) is 0 Å². The maximum absolute atomic E-state index is 8.55. The van der Waals surface area contributed by atoms with Crippen molar-refractivity contribution >= 4 is 7.82 Å². The molecule has 0 radical (unpaired) electrons. The molecule has 0 rings (SSSR count). The van der Waals surface area contributed by atoms with Crippen LogP contribution in [0.1, 0.15) is 292 Å². The Morgan fingerprint density at radius 2 is 0.323 bits per heavy atom. The lowest BCUT2D eigenvalue weighted by molar-refractivity contribution is -0.890. The largest absolute Gasteiger partial charge is 0.822 e. The number of rotatable bonds is 45. The molecular weight excluding hydrogens is 822 g/mol. The highest BCUT2D eigenvalue weighted by atomic mass is 31.2. The van der Waals surface area contributed by atoms with Gasteiger partial charge in [-0.25, -0.2) is 0 Å². The van der Waals surface area contributed by atoms with Crippen LogP contribution in [0.15, 0.2) is 0 Å². The first-order chi connectivity index (χ1) is 30.9. The normalized spacial score (nSPS) is 12.0. The molecule has 0 amide bonds. The molecule has 65 heavy (non-hydrogen) atoms. The van der Waals surface area contributed by atoms with Crippen LogP contribution in [-0.4, -0.2) is 95.0 Å². The van der Waals surface area contributed by atoms with Gasteiger partial charge in [0.15, 0.2) is 0 Å². The van der Waals surface area contributed by atoms with Crippen LogP contribution >= 0.6 is 7.82 Å². The summed E-state index contributed by atoms with van der Waals surface area (Å²) >= 11 is 0. The smallest absolute Gasteiger partial charge is 0.0782 e. The van der Waals surface area contributed by atoms with E-state index in [1.807, 2.05) is 0 Å². The lowest BCUT2D eigenvalue weighted by Crippen LogP contribution is -2.41. The van der Waals surface area contributed by atoms with Crippen molar-refractivity contribution in [3.8, 4) is 0 Å². The number of nitrogens with zero attached hydrogens (tertiary/aromatic N) is 3. The third kappa shape index (κ3) is 75.7. The second-order valence-electron chi connectivity index (χ2n) is 22.3. The molecule has 0 aromatic heterocycles. The van der Waals surface area contributed by atoms with Crippen molar-refractivity contribution in [3.05, 3.63) is 0 Å². The minimum Gasteiger partial charge on any atom is -0.822 e. The van der Waals surface area contributed by atoms with Crippen LogP contribution in [0.3, 0.4) is 0 Å². The van der Waals surface area contributed by atoms with E-state index in [0.717, 1.165) is 0 Å². The summed E-state index contributed by atoms with van der Waals surface area (Å²) in [4.78, 5) is 25.6. The second-order valence-corrected chi connectivity index (χ2v) is 23.2. The minimum absolute atomic E-state index is 1.24. The number of unbranched alkanes of at least 4 members (excludes halogenated alkanes) is 33. The van der Waals surface area contributed by atoms with Gasteiger partial charge in [0, 0.05) is 0 Å². The minimum atomic E-state index is -5.39. The Morgan fingerprint density at radius 1 is 0.231 bits per heavy atom. The fraction of sp³-hybridized carbons (Fsp3) is 1.00. The highest BCUT2D eigenvalue weighted by molar-refractivity contribution is 7.40. The van der Waals surface area contributed by atoms with E-state index in [4.69, 9.17) is 19.2 Å². The highest BCUT2D eigenvalue weighted by Crippen LogP contribution is 2.15. The molecule has 0 saturated heterocycles. The van der Waals surface area contributed by atoms with Gasteiger partial charge in [0.05, 0.1) is 81.6 Å². The van der Waals surface area contributed by atoms with E-state index in [2.05, 4.69) is 83.8 Å². The van der Waals surface area contributed by atoms with Crippen molar-refractivity contribution in [2.45, 2.75) is 292 Å². The van der Waals surface area contributed by atoms with Crippen molar-refractivity contribution in [1.29, 1.82) is 0 Å². The molecule has 0 bridgehead atoms.